The lowest BCUT2D eigenvalue weighted by Crippen LogP contribution is -2.51. The van der Waals surface area contributed by atoms with E-state index in [1.54, 1.807) is 0 Å². The zero-order valence-electron chi connectivity index (χ0n) is 16.0. The van der Waals surface area contributed by atoms with Gasteiger partial charge in [0.2, 0.25) is 5.91 Å². The number of furan rings is 1. The topological polar surface area (TPSA) is 56.9 Å². The van der Waals surface area contributed by atoms with Crippen LogP contribution in [0.25, 0.3) is 0 Å². The van der Waals surface area contributed by atoms with Crippen molar-refractivity contribution < 1.29 is 14.3 Å². The molecule has 1 aliphatic carbocycles. The highest BCUT2D eigenvalue weighted by Crippen LogP contribution is 2.56. The molecule has 1 spiro atoms. The second-order valence-electron chi connectivity index (χ2n) is 8.92. The maximum absolute atomic E-state index is 13.8. The molecular weight excluding hydrogens is 352 g/mol. The van der Waals surface area contributed by atoms with Gasteiger partial charge >= 0.3 is 0 Å². The molecule has 1 aromatic carbocycles. The van der Waals surface area contributed by atoms with Crippen LogP contribution in [0.15, 0.2) is 40.8 Å². The van der Waals surface area contributed by atoms with E-state index in [0.717, 1.165) is 51.0 Å². The number of benzene rings is 1. The molecule has 1 amide bonds. The SMILES string of the molecule is O=C1N(C2Cc3ccccc3C2)C[C@@H]2C[C@@H](c3ccc(CO)o3)N3CCC[C@@]123. The van der Waals surface area contributed by atoms with E-state index in [0.29, 0.717) is 23.6 Å². The first kappa shape index (κ1) is 16.8. The predicted molar refractivity (Wildman–Crippen MR) is 104 cm³/mol. The number of rotatable bonds is 3. The van der Waals surface area contributed by atoms with Gasteiger partial charge in [0.25, 0.3) is 0 Å². The Bertz CT molecular complexity index is 912. The van der Waals surface area contributed by atoms with Crippen LogP contribution < -0.4 is 0 Å². The van der Waals surface area contributed by atoms with Crippen LogP contribution in [0, 0.1) is 5.92 Å². The van der Waals surface area contributed by atoms with E-state index < -0.39 is 0 Å². The third kappa shape index (κ3) is 2.12. The normalized spacial score (nSPS) is 32.2. The van der Waals surface area contributed by atoms with Crippen LogP contribution >= 0.6 is 0 Å². The summed E-state index contributed by atoms with van der Waals surface area (Å²) < 4.78 is 5.87. The summed E-state index contributed by atoms with van der Waals surface area (Å²) in [5, 5.41) is 9.35. The van der Waals surface area contributed by atoms with Crippen molar-refractivity contribution in [1.82, 2.24) is 9.80 Å². The van der Waals surface area contributed by atoms with E-state index >= 15 is 0 Å². The van der Waals surface area contributed by atoms with Gasteiger partial charge in [-0.3, -0.25) is 9.69 Å². The average Bonchev–Trinajstić information content (AvgIpc) is 3.49. The molecule has 3 atom stereocenters. The van der Waals surface area contributed by atoms with Crippen molar-refractivity contribution in [3.05, 3.63) is 59.0 Å². The first-order valence-electron chi connectivity index (χ1n) is 10.5. The molecular formula is C23H26N2O3. The van der Waals surface area contributed by atoms with E-state index in [1.165, 1.54) is 11.1 Å². The molecule has 5 nitrogen and oxygen atoms in total. The molecule has 0 bridgehead atoms. The van der Waals surface area contributed by atoms with Gasteiger partial charge in [-0.15, -0.1) is 0 Å². The van der Waals surface area contributed by atoms with E-state index in [1.807, 2.05) is 12.1 Å². The van der Waals surface area contributed by atoms with Crippen LogP contribution in [0.2, 0.25) is 0 Å². The molecule has 1 aromatic heterocycles. The molecule has 0 saturated carbocycles. The summed E-state index contributed by atoms with van der Waals surface area (Å²) in [6.45, 7) is 1.76. The smallest absolute Gasteiger partial charge is 0.243 e. The molecule has 146 valence electrons. The van der Waals surface area contributed by atoms with Gasteiger partial charge in [-0.1, -0.05) is 24.3 Å². The maximum atomic E-state index is 13.8. The Morgan fingerprint density at radius 3 is 2.64 bits per heavy atom. The van der Waals surface area contributed by atoms with Gasteiger partial charge in [0, 0.05) is 25.0 Å². The summed E-state index contributed by atoms with van der Waals surface area (Å²) in [6.07, 6.45) is 5.00. The van der Waals surface area contributed by atoms with Crippen molar-refractivity contribution in [2.24, 2.45) is 5.92 Å². The molecule has 6 rings (SSSR count). The Labute approximate surface area is 164 Å². The van der Waals surface area contributed by atoms with Crippen LogP contribution in [-0.4, -0.2) is 45.5 Å². The van der Waals surface area contributed by atoms with Crippen LogP contribution in [0.4, 0.5) is 0 Å². The highest BCUT2D eigenvalue weighted by atomic mass is 16.4. The second kappa shape index (κ2) is 5.94. The minimum Gasteiger partial charge on any atom is -0.462 e. The van der Waals surface area contributed by atoms with Gasteiger partial charge in [-0.2, -0.15) is 0 Å². The van der Waals surface area contributed by atoms with Gasteiger partial charge in [0.15, 0.2) is 0 Å². The van der Waals surface area contributed by atoms with Crippen LogP contribution in [0.1, 0.15) is 48.0 Å². The highest BCUT2D eigenvalue weighted by Gasteiger charge is 2.66. The summed E-state index contributed by atoms with van der Waals surface area (Å²) in [4.78, 5) is 18.4. The van der Waals surface area contributed by atoms with Crippen LogP contribution in [0.3, 0.4) is 0 Å². The van der Waals surface area contributed by atoms with Crippen molar-refractivity contribution >= 4 is 5.91 Å². The van der Waals surface area contributed by atoms with E-state index in [-0.39, 0.29) is 18.2 Å². The van der Waals surface area contributed by atoms with Gasteiger partial charge in [-0.05, 0) is 55.4 Å². The zero-order chi connectivity index (χ0) is 18.9. The molecule has 3 fully saturated rings. The Morgan fingerprint density at radius 1 is 1.14 bits per heavy atom. The number of hydrogen-bond acceptors (Lipinski definition) is 4. The average molecular weight is 378 g/mol. The minimum absolute atomic E-state index is 0.0732. The minimum atomic E-state index is -0.328. The van der Waals surface area contributed by atoms with Gasteiger partial charge in [0.1, 0.15) is 23.7 Å². The molecule has 4 aliphatic rings. The largest absolute Gasteiger partial charge is 0.462 e. The zero-order valence-corrected chi connectivity index (χ0v) is 16.0. The number of aliphatic hydroxyl groups excluding tert-OH is 1. The van der Waals surface area contributed by atoms with E-state index in [4.69, 9.17) is 4.42 Å². The molecule has 5 heteroatoms. The van der Waals surface area contributed by atoms with Gasteiger partial charge in [-0.25, -0.2) is 0 Å². The van der Waals surface area contributed by atoms with Crippen molar-refractivity contribution in [1.29, 1.82) is 0 Å². The molecule has 2 aromatic rings. The molecule has 3 saturated heterocycles. The Balaban J connectivity index is 1.29. The molecule has 3 aliphatic heterocycles. The number of hydrogen-bond donors (Lipinski definition) is 1. The third-order valence-corrected chi connectivity index (χ3v) is 7.71. The molecule has 0 radical (unpaired) electrons. The number of carbonyl (C=O) groups excluding carboxylic acids is 1. The first-order valence-corrected chi connectivity index (χ1v) is 10.5. The van der Waals surface area contributed by atoms with Crippen molar-refractivity contribution in [3.63, 3.8) is 0 Å². The number of nitrogens with zero attached hydrogens (tertiary/aromatic N) is 2. The lowest BCUT2D eigenvalue weighted by molar-refractivity contribution is -0.138. The fraction of sp³-hybridized carbons (Fsp3) is 0.522. The van der Waals surface area contributed by atoms with Crippen molar-refractivity contribution in [2.75, 3.05) is 13.1 Å². The molecule has 0 unspecified atom stereocenters. The van der Waals surface area contributed by atoms with Gasteiger partial charge < -0.3 is 14.4 Å². The molecule has 28 heavy (non-hydrogen) atoms. The lowest BCUT2D eigenvalue weighted by atomic mass is 9.85. The van der Waals surface area contributed by atoms with Crippen LogP contribution in [-0.2, 0) is 24.2 Å². The summed E-state index contributed by atoms with van der Waals surface area (Å²) in [5.74, 6) is 2.24. The number of carbonyl (C=O) groups is 1. The second-order valence-corrected chi connectivity index (χ2v) is 8.92. The molecule has 1 N–H and O–H groups in total. The predicted octanol–water partition coefficient (Wildman–Crippen LogP) is 2.68. The fourth-order valence-electron chi connectivity index (χ4n) is 6.52. The first-order chi connectivity index (χ1) is 13.7. The third-order valence-electron chi connectivity index (χ3n) is 7.71. The van der Waals surface area contributed by atoms with Gasteiger partial charge in [0.05, 0.1) is 6.04 Å². The van der Waals surface area contributed by atoms with E-state index in [9.17, 15) is 9.90 Å². The Hall–Kier alpha value is -2.11. The van der Waals surface area contributed by atoms with E-state index in [2.05, 4.69) is 34.1 Å². The number of fused-ring (bicyclic) bond motifs is 1. The summed E-state index contributed by atoms with van der Waals surface area (Å²) >= 11 is 0. The van der Waals surface area contributed by atoms with Crippen LogP contribution in [0.5, 0.6) is 0 Å². The fourth-order valence-corrected chi connectivity index (χ4v) is 6.52. The summed E-state index contributed by atoms with van der Waals surface area (Å²) in [6, 6.07) is 13.0. The highest BCUT2D eigenvalue weighted by molar-refractivity contribution is 5.90. The standard InChI is InChI=1S/C23H26N2O3/c26-14-19-6-7-21(28-19)20-12-17-13-24(22(27)23(17)8-3-9-25(20)23)18-10-15-4-1-2-5-16(15)11-18/h1-2,4-7,17-18,20,26H,3,8-14H2/t17-,20-,23-/m0/s1. The summed E-state index contributed by atoms with van der Waals surface area (Å²) in [5.41, 5.74) is 2.48. The lowest BCUT2D eigenvalue weighted by Gasteiger charge is -2.34. The number of likely N-dealkylation sites (tertiary alicyclic amines) is 1. The quantitative estimate of drug-likeness (QED) is 0.892. The maximum Gasteiger partial charge on any atom is 0.243 e. The Kier molecular flexibility index (Phi) is 3.57. The number of aliphatic hydroxyl groups is 1. The number of amides is 1. The molecule has 4 heterocycles. The van der Waals surface area contributed by atoms with Crippen molar-refractivity contribution in [3.8, 4) is 0 Å². The Morgan fingerprint density at radius 2 is 1.93 bits per heavy atom. The summed E-state index contributed by atoms with van der Waals surface area (Å²) in [7, 11) is 0. The van der Waals surface area contributed by atoms with Crippen molar-refractivity contribution in [2.45, 2.75) is 56.3 Å². The monoisotopic (exact) mass is 378 g/mol.